The van der Waals surface area contributed by atoms with Crippen molar-refractivity contribution in [2.75, 3.05) is 5.32 Å². The maximum atomic E-state index is 11.7. The second kappa shape index (κ2) is 5.18. The number of nitrogens with one attached hydrogen (secondary N) is 1. The summed E-state index contributed by atoms with van der Waals surface area (Å²) in [6, 6.07) is 9.62. The van der Waals surface area contributed by atoms with Crippen molar-refractivity contribution in [3.63, 3.8) is 0 Å². The van der Waals surface area contributed by atoms with E-state index in [-0.39, 0.29) is 23.6 Å². The van der Waals surface area contributed by atoms with Crippen molar-refractivity contribution in [1.82, 2.24) is 0 Å². The Balaban J connectivity index is 2.09. The van der Waals surface area contributed by atoms with Crippen LogP contribution in [0, 0.1) is 0 Å². The Morgan fingerprint density at radius 2 is 1.94 bits per heavy atom. The molecule has 0 aliphatic heterocycles. The average molecular weight is 245 g/mol. The number of anilines is 1. The van der Waals surface area contributed by atoms with Crippen LogP contribution in [0.5, 0.6) is 0 Å². The molecule has 0 saturated heterocycles. The molecule has 0 spiro atoms. The molecule has 0 saturated carbocycles. The summed E-state index contributed by atoms with van der Waals surface area (Å²) in [5.41, 5.74) is 0.340. The molecule has 2 N–H and O–H groups in total. The van der Waals surface area contributed by atoms with Crippen molar-refractivity contribution < 1.29 is 19.1 Å². The number of hydrogen-bond acceptors (Lipinski definition) is 3. The first-order chi connectivity index (χ1) is 8.66. The van der Waals surface area contributed by atoms with Gasteiger partial charge in [-0.15, -0.1) is 0 Å². The van der Waals surface area contributed by atoms with Gasteiger partial charge in [-0.25, -0.2) is 4.79 Å². The number of hydrogen-bond donors (Lipinski definition) is 2. The van der Waals surface area contributed by atoms with E-state index in [1.807, 2.05) is 0 Å². The van der Waals surface area contributed by atoms with Gasteiger partial charge in [0.05, 0.1) is 23.9 Å². The molecule has 0 aliphatic carbocycles. The summed E-state index contributed by atoms with van der Waals surface area (Å²) in [5.74, 6) is -0.872. The third-order valence-electron chi connectivity index (χ3n) is 2.35. The van der Waals surface area contributed by atoms with Crippen molar-refractivity contribution in [3.05, 3.63) is 54.0 Å². The maximum absolute atomic E-state index is 11.7. The quantitative estimate of drug-likeness (QED) is 0.865. The first-order valence-corrected chi connectivity index (χ1v) is 5.31. The van der Waals surface area contributed by atoms with Crippen LogP contribution in [-0.4, -0.2) is 17.0 Å². The van der Waals surface area contributed by atoms with Gasteiger partial charge in [0.2, 0.25) is 5.91 Å². The number of carboxylic acid groups (broad SMARTS) is 1. The van der Waals surface area contributed by atoms with E-state index in [9.17, 15) is 9.59 Å². The van der Waals surface area contributed by atoms with Crippen molar-refractivity contribution >= 4 is 17.6 Å². The van der Waals surface area contributed by atoms with Gasteiger partial charge in [-0.1, -0.05) is 12.1 Å². The van der Waals surface area contributed by atoms with Crippen molar-refractivity contribution in [1.29, 1.82) is 0 Å². The number of benzene rings is 1. The standard InChI is InChI=1S/C13H11NO4/c15-12(8-9-4-3-7-18-9)14-11-6-2-1-5-10(11)13(16)17/h1-7H,8H2,(H,14,15)(H,16,17). The Morgan fingerprint density at radius 1 is 1.17 bits per heavy atom. The zero-order valence-electron chi connectivity index (χ0n) is 9.42. The first kappa shape index (κ1) is 11.9. The highest BCUT2D eigenvalue weighted by molar-refractivity contribution is 6.00. The first-order valence-electron chi connectivity index (χ1n) is 5.31. The number of carboxylic acids is 1. The number of furan rings is 1. The lowest BCUT2D eigenvalue weighted by Crippen LogP contribution is -2.16. The Bertz CT molecular complexity index is 560. The van der Waals surface area contributed by atoms with Crippen LogP contribution in [0.4, 0.5) is 5.69 Å². The maximum Gasteiger partial charge on any atom is 0.337 e. The molecule has 1 aromatic carbocycles. The highest BCUT2D eigenvalue weighted by Crippen LogP contribution is 2.15. The van der Waals surface area contributed by atoms with Crippen LogP contribution in [0.1, 0.15) is 16.1 Å². The van der Waals surface area contributed by atoms with E-state index >= 15 is 0 Å². The minimum atomic E-state index is -1.08. The summed E-state index contributed by atoms with van der Waals surface area (Å²) in [6.45, 7) is 0. The van der Waals surface area contributed by atoms with Crippen LogP contribution < -0.4 is 5.32 Å². The van der Waals surface area contributed by atoms with Gasteiger partial charge in [-0.05, 0) is 24.3 Å². The summed E-state index contributed by atoms with van der Waals surface area (Å²) in [4.78, 5) is 22.6. The van der Waals surface area contributed by atoms with E-state index in [1.54, 1.807) is 30.3 Å². The van der Waals surface area contributed by atoms with E-state index in [0.717, 1.165) is 0 Å². The van der Waals surface area contributed by atoms with Gasteiger partial charge in [0.25, 0.3) is 0 Å². The second-order valence-corrected chi connectivity index (χ2v) is 3.66. The molecule has 1 amide bonds. The number of carbonyl (C=O) groups excluding carboxylic acids is 1. The third-order valence-corrected chi connectivity index (χ3v) is 2.35. The van der Waals surface area contributed by atoms with Gasteiger partial charge in [0.1, 0.15) is 5.76 Å². The van der Waals surface area contributed by atoms with Gasteiger partial charge in [-0.2, -0.15) is 0 Å². The number of carbonyl (C=O) groups is 2. The molecule has 5 nitrogen and oxygen atoms in total. The lowest BCUT2D eigenvalue weighted by atomic mass is 10.1. The normalized spacial score (nSPS) is 10.0. The fourth-order valence-corrected chi connectivity index (χ4v) is 1.54. The lowest BCUT2D eigenvalue weighted by Gasteiger charge is -2.07. The largest absolute Gasteiger partial charge is 0.478 e. The van der Waals surface area contributed by atoms with Crippen LogP contribution in [0.2, 0.25) is 0 Å². The average Bonchev–Trinajstić information content (AvgIpc) is 2.82. The molecule has 2 aromatic rings. The molecule has 0 unspecified atom stereocenters. The minimum absolute atomic E-state index is 0.0605. The minimum Gasteiger partial charge on any atom is -0.478 e. The van der Waals surface area contributed by atoms with Crippen LogP contribution in [0.15, 0.2) is 47.1 Å². The summed E-state index contributed by atoms with van der Waals surface area (Å²) in [7, 11) is 0. The van der Waals surface area contributed by atoms with E-state index in [1.165, 1.54) is 12.3 Å². The molecular weight excluding hydrogens is 234 g/mol. The summed E-state index contributed by atoms with van der Waals surface area (Å²) >= 11 is 0. The monoisotopic (exact) mass is 245 g/mol. The van der Waals surface area contributed by atoms with Crippen LogP contribution in [0.3, 0.4) is 0 Å². The Morgan fingerprint density at radius 3 is 2.61 bits per heavy atom. The smallest absolute Gasteiger partial charge is 0.337 e. The van der Waals surface area contributed by atoms with E-state index in [2.05, 4.69) is 5.32 Å². The van der Waals surface area contributed by atoms with Gasteiger partial charge < -0.3 is 14.8 Å². The molecule has 0 aliphatic rings. The fourth-order valence-electron chi connectivity index (χ4n) is 1.54. The molecule has 1 aromatic heterocycles. The van der Waals surface area contributed by atoms with Crippen LogP contribution in [-0.2, 0) is 11.2 Å². The zero-order valence-corrected chi connectivity index (χ0v) is 9.42. The highest BCUT2D eigenvalue weighted by Gasteiger charge is 2.12. The molecule has 0 fully saturated rings. The summed E-state index contributed by atoms with van der Waals surface area (Å²) in [5, 5.41) is 11.5. The molecular formula is C13H11NO4. The third kappa shape index (κ3) is 2.76. The molecule has 0 atom stereocenters. The van der Waals surface area contributed by atoms with E-state index < -0.39 is 5.97 Å². The van der Waals surface area contributed by atoms with Crippen molar-refractivity contribution in [2.45, 2.75) is 6.42 Å². The molecule has 1 heterocycles. The summed E-state index contributed by atoms with van der Waals surface area (Å²) < 4.78 is 5.04. The topological polar surface area (TPSA) is 79.5 Å². The molecule has 0 bridgehead atoms. The lowest BCUT2D eigenvalue weighted by molar-refractivity contribution is -0.115. The number of aromatic carboxylic acids is 1. The molecule has 2 rings (SSSR count). The molecule has 92 valence electrons. The molecule has 18 heavy (non-hydrogen) atoms. The van der Waals surface area contributed by atoms with Crippen LogP contribution in [0.25, 0.3) is 0 Å². The van der Waals surface area contributed by atoms with E-state index in [0.29, 0.717) is 5.76 Å². The predicted molar refractivity (Wildman–Crippen MR) is 64.4 cm³/mol. The molecule has 5 heteroatoms. The number of rotatable bonds is 4. The Labute approximate surface area is 103 Å². The van der Waals surface area contributed by atoms with Gasteiger partial charge >= 0.3 is 5.97 Å². The van der Waals surface area contributed by atoms with Crippen molar-refractivity contribution in [2.24, 2.45) is 0 Å². The van der Waals surface area contributed by atoms with Crippen molar-refractivity contribution in [3.8, 4) is 0 Å². The van der Waals surface area contributed by atoms with Gasteiger partial charge in [0.15, 0.2) is 0 Å². The zero-order chi connectivity index (χ0) is 13.0. The fraction of sp³-hybridized carbons (Fsp3) is 0.0769. The Hall–Kier alpha value is -2.56. The van der Waals surface area contributed by atoms with Gasteiger partial charge in [-0.3, -0.25) is 4.79 Å². The SMILES string of the molecule is O=C(Cc1ccco1)Nc1ccccc1C(=O)O. The number of amides is 1. The van der Waals surface area contributed by atoms with Gasteiger partial charge in [0, 0.05) is 0 Å². The van der Waals surface area contributed by atoms with Crippen LogP contribution >= 0.6 is 0 Å². The number of para-hydroxylation sites is 1. The predicted octanol–water partition coefficient (Wildman–Crippen LogP) is 2.16. The Kier molecular flexibility index (Phi) is 3.43. The highest BCUT2D eigenvalue weighted by atomic mass is 16.4. The summed E-state index contributed by atoms with van der Waals surface area (Å²) in [6.07, 6.45) is 1.55. The van der Waals surface area contributed by atoms with E-state index in [4.69, 9.17) is 9.52 Å². The molecule has 0 radical (unpaired) electrons. The second-order valence-electron chi connectivity index (χ2n) is 3.66.